The Balaban J connectivity index is 1.96. The second-order valence-electron chi connectivity index (χ2n) is 4.65. The number of aryl methyl sites for hydroxylation is 1. The second-order valence-corrected chi connectivity index (χ2v) is 5.50. The monoisotopic (exact) mass is 310 g/mol. The molecule has 3 nitrogen and oxygen atoms in total. The summed E-state index contributed by atoms with van der Waals surface area (Å²) in [5.41, 5.74) is 1.69. The van der Waals surface area contributed by atoms with E-state index in [4.69, 9.17) is 4.42 Å². The lowest BCUT2D eigenvalue weighted by Gasteiger charge is -1.98. The number of nitrogens with zero attached hydrogens (tertiary/aromatic N) is 2. The van der Waals surface area contributed by atoms with Gasteiger partial charge in [0, 0.05) is 17.2 Å². The second kappa shape index (κ2) is 5.96. The van der Waals surface area contributed by atoms with E-state index in [1.54, 1.807) is 36.4 Å². The van der Waals surface area contributed by atoms with E-state index < -0.39 is 0 Å². The minimum absolute atomic E-state index is 0.344. The van der Waals surface area contributed by atoms with Crippen LogP contribution < -0.4 is 0 Å². The number of benzene rings is 1. The van der Waals surface area contributed by atoms with Crippen molar-refractivity contribution in [2.45, 2.75) is 6.92 Å². The smallest absolute Gasteiger partial charge is 0.137 e. The number of hydrogen-bond acceptors (Lipinski definition) is 4. The Morgan fingerprint density at radius 2 is 2.14 bits per heavy atom. The molecule has 0 amide bonds. The predicted molar refractivity (Wildman–Crippen MR) is 84.4 cm³/mol. The Hall–Kier alpha value is -2.71. The third-order valence-electron chi connectivity index (χ3n) is 3.02. The molecule has 5 heteroatoms. The molecule has 0 aliphatic heterocycles. The predicted octanol–water partition coefficient (Wildman–Crippen LogP) is 4.91. The van der Waals surface area contributed by atoms with Crippen molar-refractivity contribution in [1.82, 2.24) is 4.98 Å². The molecule has 1 aromatic carbocycles. The fourth-order valence-electron chi connectivity index (χ4n) is 2.00. The van der Waals surface area contributed by atoms with Crippen LogP contribution in [-0.2, 0) is 0 Å². The highest BCUT2D eigenvalue weighted by Crippen LogP contribution is 2.27. The summed E-state index contributed by atoms with van der Waals surface area (Å²) in [4.78, 5) is 4.28. The van der Waals surface area contributed by atoms with E-state index in [0.29, 0.717) is 27.7 Å². The molecular formula is C17H11FN2OS. The number of furan rings is 1. The van der Waals surface area contributed by atoms with Gasteiger partial charge < -0.3 is 4.42 Å². The zero-order chi connectivity index (χ0) is 15.5. The molecule has 0 radical (unpaired) electrons. The molecule has 3 aromatic rings. The maximum Gasteiger partial charge on any atom is 0.137 e. The highest BCUT2D eigenvalue weighted by molar-refractivity contribution is 7.11. The SMILES string of the molecule is Cc1csc(C(C#N)=Cc2ccc(-c3ccccc3F)o2)n1. The Morgan fingerprint density at radius 3 is 2.82 bits per heavy atom. The zero-order valence-electron chi connectivity index (χ0n) is 11.7. The normalized spacial score (nSPS) is 11.4. The largest absolute Gasteiger partial charge is 0.457 e. The van der Waals surface area contributed by atoms with Gasteiger partial charge in [-0.1, -0.05) is 12.1 Å². The van der Waals surface area contributed by atoms with Gasteiger partial charge in [0.2, 0.25) is 0 Å². The Labute approximate surface area is 131 Å². The van der Waals surface area contributed by atoms with Crippen LogP contribution in [0.2, 0.25) is 0 Å². The summed E-state index contributed by atoms with van der Waals surface area (Å²) >= 11 is 1.40. The van der Waals surface area contributed by atoms with Crippen LogP contribution in [-0.4, -0.2) is 4.98 Å². The van der Waals surface area contributed by atoms with E-state index in [1.807, 2.05) is 12.3 Å². The number of allylic oxidation sites excluding steroid dienone is 1. The first kappa shape index (κ1) is 14.2. The molecule has 0 N–H and O–H groups in total. The van der Waals surface area contributed by atoms with Crippen molar-refractivity contribution in [3.05, 3.63) is 64.1 Å². The van der Waals surface area contributed by atoms with Gasteiger partial charge >= 0.3 is 0 Å². The molecule has 0 spiro atoms. The van der Waals surface area contributed by atoms with E-state index in [9.17, 15) is 9.65 Å². The van der Waals surface area contributed by atoms with Crippen molar-refractivity contribution < 1.29 is 8.81 Å². The first-order chi connectivity index (χ1) is 10.7. The molecule has 0 aliphatic carbocycles. The summed E-state index contributed by atoms with van der Waals surface area (Å²) in [6.45, 7) is 1.87. The first-order valence-corrected chi connectivity index (χ1v) is 7.44. The summed E-state index contributed by atoms with van der Waals surface area (Å²) in [7, 11) is 0. The van der Waals surface area contributed by atoms with Crippen LogP contribution in [0.3, 0.4) is 0 Å². The molecule has 3 rings (SSSR count). The number of thiazole rings is 1. The fourth-order valence-corrected chi connectivity index (χ4v) is 2.76. The lowest BCUT2D eigenvalue weighted by molar-refractivity contribution is 0.561. The molecule has 0 bridgehead atoms. The molecule has 22 heavy (non-hydrogen) atoms. The van der Waals surface area contributed by atoms with Gasteiger partial charge in [-0.3, -0.25) is 0 Å². The quantitative estimate of drug-likeness (QED) is 0.645. The van der Waals surface area contributed by atoms with Crippen molar-refractivity contribution in [2.75, 3.05) is 0 Å². The highest BCUT2D eigenvalue weighted by Gasteiger charge is 2.10. The molecule has 2 heterocycles. The van der Waals surface area contributed by atoms with Crippen molar-refractivity contribution in [3.63, 3.8) is 0 Å². The van der Waals surface area contributed by atoms with Gasteiger partial charge in [-0.2, -0.15) is 5.26 Å². The summed E-state index contributed by atoms with van der Waals surface area (Å²) < 4.78 is 19.4. The molecule has 0 saturated heterocycles. The fraction of sp³-hybridized carbons (Fsp3) is 0.0588. The Kier molecular flexibility index (Phi) is 3.86. The number of aromatic nitrogens is 1. The summed E-state index contributed by atoms with van der Waals surface area (Å²) in [5, 5.41) is 11.8. The number of hydrogen-bond donors (Lipinski definition) is 0. The molecular weight excluding hydrogens is 299 g/mol. The standard InChI is InChI=1S/C17H11FN2OS/c1-11-10-22-17(20-11)12(9-19)8-13-6-7-16(21-13)14-4-2-3-5-15(14)18/h2-8,10H,1H3. The van der Waals surface area contributed by atoms with Crippen molar-refractivity contribution >= 4 is 23.0 Å². The van der Waals surface area contributed by atoms with Gasteiger partial charge in [0.25, 0.3) is 0 Å². The van der Waals surface area contributed by atoms with Gasteiger partial charge in [0.1, 0.15) is 28.4 Å². The van der Waals surface area contributed by atoms with E-state index in [0.717, 1.165) is 5.69 Å². The zero-order valence-corrected chi connectivity index (χ0v) is 12.5. The third kappa shape index (κ3) is 2.83. The van der Waals surface area contributed by atoms with E-state index in [1.165, 1.54) is 17.4 Å². The van der Waals surface area contributed by atoms with Crippen LogP contribution in [0.25, 0.3) is 23.0 Å². The Morgan fingerprint density at radius 1 is 1.32 bits per heavy atom. The molecule has 0 atom stereocenters. The third-order valence-corrected chi connectivity index (χ3v) is 4.02. The molecule has 2 aromatic heterocycles. The van der Waals surface area contributed by atoms with Gasteiger partial charge in [0.15, 0.2) is 0 Å². The lowest BCUT2D eigenvalue weighted by atomic mass is 10.1. The maximum atomic E-state index is 13.7. The lowest BCUT2D eigenvalue weighted by Crippen LogP contribution is -1.81. The summed E-state index contributed by atoms with van der Waals surface area (Å²) in [6.07, 6.45) is 1.61. The van der Waals surface area contributed by atoms with E-state index in [2.05, 4.69) is 11.1 Å². The van der Waals surface area contributed by atoms with E-state index in [-0.39, 0.29) is 5.82 Å². The van der Waals surface area contributed by atoms with Crippen molar-refractivity contribution in [2.24, 2.45) is 0 Å². The maximum absolute atomic E-state index is 13.7. The van der Waals surface area contributed by atoms with Gasteiger partial charge in [-0.05, 0) is 31.2 Å². The van der Waals surface area contributed by atoms with Crippen molar-refractivity contribution in [3.8, 4) is 17.4 Å². The molecule has 0 unspecified atom stereocenters. The topological polar surface area (TPSA) is 49.8 Å². The van der Waals surface area contributed by atoms with Crippen LogP contribution in [0.15, 0.2) is 46.2 Å². The average Bonchev–Trinajstić information content (AvgIpc) is 3.14. The van der Waals surface area contributed by atoms with Gasteiger partial charge in [-0.25, -0.2) is 9.37 Å². The minimum atomic E-state index is -0.344. The van der Waals surface area contributed by atoms with Crippen LogP contribution in [0.4, 0.5) is 4.39 Å². The number of halogens is 1. The van der Waals surface area contributed by atoms with Crippen LogP contribution in [0, 0.1) is 24.1 Å². The minimum Gasteiger partial charge on any atom is -0.457 e. The van der Waals surface area contributed by atoms with Crippen LogP contribution >= 0.6 is 11.3 Å². The average molecular weight is 310 g/mol. The molecule has 108 valence electrons. The summed E-state index contributed by atoms with van der Waals surface area (Å²) in [5.74, 6) is 0.572. The molecule has 0 fully saturated rings. The van der Waals surface area contributed by atoms with Crippen molar-refractivity contribution in [1.29, 1.82) is 5.26 Å². The first-order valence-electron chi connectivity index (χ1n) is 6.56. The Bertz CT molecular complexity index is 886. The number of rotatable bonds is 3. The summed E-state index contributed by atoms with van der Waals surface area (Å²) in [6, 6.07) is 11.9. The van der Waals surface area contributed by atoms with Gasteiger partial charge in [0.05, 0.1) is 11.1 Å². The van der Waals surface area contributed by atoms with Crippen LogP contribution in [0.1, 0.15) is 16.5 Å². The molecule has 0 saturated carbocycles. The van der Waals surface area contributed by atoms with E-state index >= 15 is 0 Å². The van der Waals surface area contributed by atoms with Gasteiger partial charge in [-0.15, -0.1) is 11.3 Å². The molecule has 0 aliphatic rings. The highest BCUT2D eigenvalue weighted by atomic mass is 32.1. The van der Waals surface area contributed by atoms with Crippen LogP contribution in [0.5, 0.6) is 0 Å². The number of nitriles is 1.